The van der Waals surface area contributed by atoms with Crippen LogP contribution < -0.4 is 5.32 Å². The van der Waals surface area contributed by atoms with Crippen molar-refractivity contribution in [3.8, 4) is 0 Å². The maximum Gasteiger partial charge on any atom is 0.211 e. The van der Waals surface area contributed by atoms with E-state index in [1.807, 2.05) is 0 Å². The third kappa shape index (κ3) is 3.17. The standard InChI is InChI=1S/C11H8Cl3N3OS/c1-17-11(9(15-5-18)10(14)16-17)19-8-3-2-6(12)4-7(8)13/h2-5H,1H3,(H,15,18). The quantitative estimate of drug-likeness (QED) is 0.855. The van der Waals surface area contributed by atoms with Crippen LogP contribution in [-0.4, -0.2) is 16.2 Å². The van der Waals surface area contributed by atoms with Crippen LogP contribution in [0.2, 0.25) is 15.2 Å². The second kappa shape index (κ2) is 6.05. The number of nitrogens with zero attached hydrogens (tertiary/aromatic N) is 2. The van der Waals surface area contributed by atoms with E-state index in [-0.39, 0.29) is 5.15 Å². The van der Waals surface area contributed by atoms with E-state index in [1.54, 1.807) is 29.9 Å². The number of nitrogens with one attached hydrogen (secondary N) is 1. The first-order chi connectivity index (χ1) is 9.02. The summed E-state index contributed by atoms with van der Waals surface area (Å²) in [5, 5.41) is 8.56. The van der Waals surface area contributed by atoms with E-state index in [1.165, 1.54) is 11.8 Å². The molecular formula is C11H8Cl3N3OS. The molecule has 0 fully saturated rings. The minimum atomic E-state index is 0.224. The lowest BCUT2D eigenvalue weighted by Gasteiger charge is -2.07. The van der Waals surface area contributed by atoms with Crippen LogP contribution in [0.4, 0.5) is 5.69 Å². The van der Waals surface area contributed by atoms with Crippen LogP contribution in [0.1, 0.15) is 0 Å². The predicted molar refractivity (Wildman–Crippen MR) is 78.5 cm³/mol. The van der Waals surface area contributed by atoms with Crippen LogP contribution in [0.5, 0.6) is 0 Å². The summed E-state index contributed by atoms with van der Waals surface area (Å²) < 4.78 is 1.57. The van der Waals surface area contributed by atoms with Crippen LogP contribution in [0.15, 0.2) is 28.1 Å². The van der Waals surface area contributed by atoms with Gasteiger partial charge in [0.05, 0.1) is 5.02 Å². The molecule has 0 radical (unpaired) electrons. The van der Waals surface area contributed by atoms with Gasteiger partial charge in [0, 0.05) is 17.0 Å². The highest BCUT2D eigenvalue weighted by Gasteiger charge is 2.16. The Balaban J connectivity index is 2.40. The van der Waals surface area contributed by atoms with E-state index in [2.05, 4.69) is 10.4 Å². The maximum absolute atomic E-state index is 10.6. The summed E-state index contributed by atoms with van der Waals surface area (Å²) >= 11 is 19.2. The molecule has 8 heteroatoms. The first-order valence-electron chi connectivity index (χ1n) is 5.08. The minimum Gasteiger partial charge on any atom is -0.324 e. The van der Waals surface area contributed by atoms with Gasteiger partial charge in [0.25, 0.3) is 0 Å². The third-order valence-corrected chi connectivity index (χ3v) is 4.42. The molecule has 0 unspecified atom stereocenters. The van der Waals surface area contributed by atoms with Crippen molar-refractivity contribution in [2.75, 3.05) is 5.32 Å². The average Bonchev–Trinajstić information content (AvgIpc) is 2.60. The second-order valence-electron chi connectivity index (χ2n) is 3.53. The first kappa shape index (κ1) is 14.5. The zero-order chi connectivity index (χ0) is 14.0. The highest BCUT2D eigenvalue weighted by molar-refractivity contribution is 7.99. The van der Waals surface area contributed by atoms with E-state index in [9.17, 15) is 4.79 Å². The number of rotatable bonds is 4. The number of hydrogen-bond acceptors (Lipinski definition) is 3. The molecule has 1 amide bonds. The van der Waals surface area contributed by atoms with Crippen LogP contribution in [0, 0.1) is 0 Å². The lowest BCUT2D eigenvalue weighted by Crippen LogP contribution is -1.97. The molecule has 1 aromatic heterocycles. The largest absolute Gasteiger partial charge is 0.324 e. The molecule has 1 heterocycles. The van der Waals surface area contributed by atoms with Crippen molar-refractivity contribution >= 4 is 58.7 Å². The fourth-order valence-electron chi connectivity index (χ4n) is 1.44. The Hall–Kier alpha value is -0.880. The number of aromatic nitrogens is 2. The fourth-order valence-corrected chi connectivity index (χ4v) is 3.21. The van der Waals surface area contributed by atoms with E-state index in [0.717, 1.165) is 4.90 Å². The Kier molecular flexibility index (Phi) is 4.62. The van der Waals surface area contributed by atoms with Gasteiger partial charge < -0.3 is 5.32 Å². The van der Waals surface area contributed by atoms with E-state index >= 15 is 0 Å². The van der Waals surface area contributed by atoms with Gasteiger partial charge in [-0.25, -0.2) is 0 Å². The molecule has 100 valence electrons. The first-order valence-corrected chi connectivity index (χ1v) is 7.03. The summed E-state index contributed by atoms with van der Waals surface area (Å²) in [7, 11) is 1.73. The summed E-state index contributed by atoms with van der Waals surface area (Å²) in [5.74, 6) is 0. The van der Waals surface area contributed by atoms with Crippen molar-refractivity contribution in [3.63, 3.8) is 0 Å². The zero-order valence-corrected chi connectivity index (χ0v) is 12.7. The van der Waals surface area contributed by atoms with Gasteiger partial charge in [0.15, 0.2) is 5.15 Å². The van der Waals surface area contributed by atoms with Crippen LogP contribution in [0.25, 0.3) is 0 Å². The molecule has 0 bridgehead atoms. The molecule has 0 atom stereocenters. The van der Waals surface area contributed by atoms with Crippen molar-refractivity contribution in [1.82, 2.24) is 9.78 Å². The molecular weight excluding hydrogens is 329 g/mol. The summed E-state index contributed by atoms with van der Waals surface area (Å²) in [4.78, 5) is 11.4. The number of amides is 1. The number of anilines is 1. The molecule has 2 rings (SSSR count). The van der Waals surface area contributed by atoms with Gasteiger partial charge in [-0.1, -0.05) is 46.6 Å². The Morgan fingerprint density at radius 3 is 2.74 bits per heavy atom. The van der Waals surface area contributed by atoms with Gasteiger partial charge in [-0.05, 0) is 18.2 Å². The van der Waals surface area contributed by atoms with Crippen molar-refractivity contribution in [1.29, 1.82) is 0 Å². The molecule has 0 aliphatic heterocycles. The topological polar surface area (TPSA) is 46.9 Å². The lowest BCUT2D eigenvalue weighted by atomic mass is 10.4. The van der Waals surface area contributed by atoms with Gasteiger partial charge in [-0.3, -0.25) is 9.48 Å². The molecule has 0 aliphatic carbocycles. The number of carbonyl (C=O) groups is 1. The predicted octanol–water partition coefficient (Wildman–Crippen LogP) is 4.10. The van der Waals surface area contributed by atoms with Crippen LogP contribution >= 0.6 is 46.6 Å². The highest BCUT2D eigenvalue weighted by atomic mass is 35.5. The molecule has 1 aromatic carbocycles. The number of aryl methyl sites for hydroxylation is 1. The van der Waals surface area contributed by atoms with E-state index in [0.29, 0.717) is 27.2 Å². The van der Waals surface area contributed by atoms with Gasteiger partial charge in [0.2, 0.25) is 6.41 Å². The number of halogens is 3. The van der Waals surface area contributed by atoms with Gasteiger partial charge in [0.1, 0.15) is 10.7 Å². The SMILES string of the molecule is Cn1nc(Cl)c(NC=O)c1Sc1ccc(Cl)cc1Cl. The normalized spacial score (nSPS) is 10.5. The van der Waals surface area contributed by atoms with Crippen LogP contribution in [0.3, 0.4) is 0 Å². The molecule has 19 heavy (non-hydrogen) atoms. The number of benzene rings is 1. The molecule has 4 nitrogen and oxygen atoms in total. The fraction of sp³-hybridized carbons (Fsp3) is 0.0909. The number of hydrogen-bond donors (Lipinski definition) is 1. The van der Waals surface area contributed by atoms with Crippen molar-refractivity contribution in [2.24, 2.45) is 7.05 Å². The summed E-state index contributed by atoms with van der Waals surface area (Å²) in [6.45, 7) is 0. The average molecular weight is 337 g/mol. The summed E-state index contributed by atoms with van der Waals surface area (Å²) in [6.07, 6.45) is 0.552. The molecule has 1 N–H and O–H groups in total. The van der Waals surface area contributed by atoms with Crippen molar-refractivity contribution < 1.29 is 4.79 Å². The number of carbonyl (C=O) groups excluding carboxylic acids is 1. The van der Waals surface area contributed by atoms with Gasteiger partial charge in [-0.2, -0.15) is 5.10 Å². The highest BCUT2D eigenvalue weighted by Crippen LogP contribution is 2.40. The van der Waals surface area contributed by atoms with Gasteiger partial charge >= 0.3 is 0 Å². The molecule has 0 aliphatic rings. The smallest absolute Gasteiger partial charge is 0.211 e. The van der Waals surface area contributed by atoms with E-state index < -0.39 is 0 Å². The Morgan fingerprint density at radius 2 is 2.11 bits per heavy atom. The van der Waals surface area contributed by atoms with Crippen molar-refractivity contribution in [2.45, 2.75) is 9.92 Å². The molecule has 0 spiro atoms. The molecule has 2 aromatic rings. The Labute approximate surface area is 129 Å². The Bertz CT molecular complexity index is 630. The lowest BCUT2D eigenvalue weighted by molar-refractivity contribution is -0.105. The third-order valence-electron chi connectivity index (χ3n) is 2.26. The zero-order valence-electron chi connectivity index (χ0n) is 9.65. The second-order valence-corrected chi connectivity index (χ2v) is 5.77. The van der Waals surface area contributed by atoms with Crippen molar-refractivity contribution in [3.05, 3.63) is 33.4 Å². The molecule has 0 saturated carbocycles. The molecule has 0 saturated heterocycles. The summed E-state index contributed by atoms with van der Waals surface area (Å²) in [5.41, 5.74) is 0.454. The van der Waals surface area contributed by atoms with E-state index in [4.69, 9.17) is 34.8 Å². The summed E-state index contributed by atoms with van der Waals surface area (Å²) in [6, 6.07) is 5.18. The monoisotopic (exact) mass is 335 g/mol. The minimum absolute atomic E-state index is 0.224. The van der Waals surface area contributed by atoms with Gasteiger partial charge in [-0.15, -0.1) is 0 Å². The Morgan fingerprint density at radius 1 is 1.37 bits per heavy atom. The maximum atomic E-state index is 10.6. The van der Waals surface area contributed by atoms with Crippen LogP contribution in [-0.2, 0) is 11.8 Å².